The van der Waals surface area contributed by atoms with Crippen LogP contribution in [0.4, 0.5) is 11.4 Å². The SMILES string of the molecule is Cc1cccc(N(C)c2cccc3c2CCNC3)c1. The maximum atomic E-state index is 3.44. The molecule has 3 rings (SSSR count). The predicted octanol–water partition coefficient (Wildman–Crippen LogP) is 3.41. The van der Waals surface area contributed by atoms with Crippen LogP contribution in [0.15, 0.2) is 42.5 Å². The van der Waals surface area contributed by atoms with Crippen LogP contribution in [0.1, 0.15) is 16.7 Å². The van der Waals surface area contributed by atoms with Crippen LogP contribution in [0.25, 0.3) is 0 Å². The number of anilines is 2. The van der Waals surface area contributed by atoms with Crippen LogP contribution < -0.4 is 10.2 Å². The minimum absolute atomic E-state index is 0.991. The second-order valence-electron chi connectivity index (χ2n) is 5.24. The monoisotopic (exact) mass is 252 g/mol. The molecule has 2 aromatic rings. The molecule has 0 atom stereocenters. The number of rotatable bonds is 2. The van der Waals surface area contributed by atoms with Crippen molar-refractivity contribution in [3.8, 4) is 0 Å². The van der Waals surface area contributed by atoms with Crippen molar-refractivity contribution in [3.05, 3.63) is 59.2 Å². The lowest BCUT2D eigenvalue weighted by Gasteiger charge is -2.27. The Bertz CT molecular complexity index is 590. The van der Waals surface area contributed by atoms with Crippen LogP contribution >= 0.6 is 0 Å². The number of nitrogens with one attached hydrogen (secondary N) is 1. The number of fused-ring (bicyclic) bond motifs is 1. The van der Waals surface area contributed by atoms with E-state index >= 15 is 0 Å². The van der Waals surface area contributed by atoms with Gasteiger partial charge in [-0.2, -0.15) is 0 Å². The Morgan fingerprint density at radius 1 is 1.11 bits per heavy atom. The molecule has 2 aromatic carbocycles. The molecule has 0 aromatic heterocycles. The highest BCUT2D eigenvalue weighted by molar-refractivity contribution is 5.68. The topological polar surface area (TPSA) is 15.3 Å². The van der Waals surface area contributed by atoms with Gasteiger partial charge in [0.25, 0.3) is 0 Å². The highest BCUT2D eigenvalue weighted by Gasteiger charge is 2.15. The van der Waals surface area contributed by atoms with Gasteiger partial charge in [0.1, 0.15) is 0 Å². The Morgan fingerprint density at radius 2 is 1.95 bits per heavy atom. The summed E-state index contributed by atoms with van der Waals surface area (Å²) >= 11 is 0. The summed E-state index contributed by atoms with van der Waals surface area (Å²) in [6.45, 7) is 4.21. The third kappa shape index (κ3) is 2.36. The first kappa shape index (κ1) is 12.2. The Hall–Kier alpha value is -1.80. The zero-order valence-corrected chi connectivity index (χ0v) is 11.6. The van der Waals surface area contributed by atoms with Gasteiger partial charge < -0.3 is 10.2 Å². The van der Waals surface area contributed by atoms with Crippen LogP contribution in [0.2, 0.25) is 0 Å². The Morgan fingerprint density at radius 3 is 2.79 bits per heavy atom. The molecule has 1 heterocycles. The molecule has 0 bridgehead atoms. The van der Waals surface area contributed by atoms with Gasteiger partial charge in [0.15, 0.2) is 0 Å². The molecular formula is C17H20N2. The third-order valence-electron chi connectivity index (χ3n) is 3.87. The standard InChI is InChI=1S/C17H20N2/c1-13-5-3-7-15(11-13)19(2)17-8-4-6-14-12-18-10-9-16(14)17/h3-8,11,18H,9-10,12H2,1-2H3. The van der Waals surface area contributed by atoms with E-state index in [1.807, 2.05) is 0 Å². The lowest BCUT2D eigenvalue weighted by atomic mass is 9.98. The van der Waals surface area contributed by atoms with Gasteiger partial charge in [-0.25, -0.2) is 0 Å². The molecule has 2 nitrogen and oxygen atoms in total. The van der Waals surface area contributed by atoms with Gasteiger partial charge in [-0.1, -0.05) is 24.3 Å². The van der Waals surface area contributed by atoms with Gasteiger partial charge in [-0.15, -0.1) is 0 Å². The number of benzene rings is 2. The molecule has 0 saturated carbocycles. The van der Waals surface area contributed by atoms with Gasteiger partial charge in [-0.05, 0) is 54.8 Å². The number of nitrogens with zero attached hydrogens (tertiary/aromatic N) is 1. The fourth-order valence-corrected chi connectivity index (χ4v) is 2.80. The summed E-state index contributed by atoms with van der Waals surface area (Å²) in [6.07, 6.45) is 1.11. The van der Waals surface area contributed by atoms with E-state index in [2.05, 4.69) is 66.7 Å². The van der Waals surface area contributed by atoms with E-state index in [1.165, 1.54) is 28.1 Å². The van der Waals surface area contributed by atoms with Crippen LogP contribution in [-0.4, -0.2) is 13.6 Å². The van der Waals surface area contributed by atoms with E-state index in [9.17, 15) is 0 Å². The number of aryl methyl sites for hydroxylation is 1. The van der Waals surface area contributed by atoms with Gasteiger partial charge in [0.2, 0.25) is 0 Å². The molecule has 0 saturated heterocycles. The van der Waals surface area contributed by atoms with Crippen molar-refractivity contribution >= 4 is 11.4 Å². The summed E-state index contributed by atoms with van der Waals surface area (Å²) < 4.78 is 0. The minimum Gasteiger partial charge on any atom is -0.344 e. The van der Waals surface area contributed by atoms with Crippen LogP contribution in [0, 0.1) is 6.92 Å². The molecule has 0 radical (unpaired) electrons. The van der Waals surface area contributed by atoms with Gasteiger partial charge in [0.05, 0.1) is 0 Å². The van der Waals surface area contributed by atoms with Crippen molar-refractivity contribution in [2.45, 2.75) is 19.9 Å². The van der Waals surface area contributed by atoms with Gasteiger partial charge in [-0.3, -0.25) is 0 Å². The average molecular weight is 252 g/mol. The van der Waals surface area contributed by atoms with Crippen LogP contribution in [0.5, 0.6) is 0 Å². The number of hydrogen-bond acceptors (Lipinski definition) is 2. The predicted molar refractivity (Wildman–Crippen MR) is 81.1 cm³/mol. The van der Waals surface area contributed by atoms with E-state index in [-0.39, 0.29) is 0 Å². The summed E-state index contributed by atoms with van der Waals surface area (Å²) in [5.74, 6) is 0. The maximum Gasteiger partial charge on any atom is 0.0444 e. The van der Waals surface area contributed by atoms with E-state index < -0.39 is 0 Å². The lowest BCUT2D eigenvalue weighted by molar-refractivity contribution is 0.644. The molecule has 2 heteroatoms. The normalized spacial score (nSPS) is 14.0. The van der Waals surface area contributed by atoms with Crippen molar-refractivity contribution in [2.24, 2.45) is 0 Å². The molecule has 19 heavy (non-hydrogen) atoms. The minimum atomic E-state index is 0.991. The third-order valence-corrected chi connectivity index (χ3v) is 3.87. The zero-order chi connectivity index (χ0) is 13.2. The molecule has 0 fully saturated rings. The molecule has 0 spiro atoms. The maximum absolute atomic E-state index is 3.44. The van der Waals surface area contributed by atoms with Crippen molar-refractivity contribution in [1.29, 1.82) is 0 Å². The summed E-state index contributed by atoms with van der Waals surface area (Å²) in [5.41, 5.74) is 6.82. The fraction of sp³-hybridized carbons (Fsp3) is 0.294. The van der Waals surface area contributed by atoms with E-state index in [1.54, 1.807) is 0 Å². The highest BCUT2D eigenvalue weighted by atomic mass is 15.1. The molecule has 0 aliphatic carbocycles. The lowest BCUT2D eigenvalue weighted by Crippen LogP contribution is -2.25. The molecular weight excluding hydrogens is 232 g/mol. The average Bonchev–Trinajstić information content (AvgIpc) is 2.46. The first-order chi connectivity index (χ1) is 9.25. The fourth-order valence-electron chi connectivity index (χ4n) is 2.80. The molecule has 0 unspecified atom stereocenters. The largest absolute Gasteiger partial charge is 0.344 e. The summed E-state index contributed by atoms with van der Waals surface area (Å²) in [5, 5.41) is 3.44. The summed E-state index contributed by atoms with van der Waals surface area (Å²) in [4.78, 5) is 2.30. The van der Waals surface area contributed by atoms with Crippen molar-refractivity contribution < 1.29 is 0 Å². The Kier molecular flexibility index (Phi) is 3.26. The summed E-state index contributed by atoms with van der Waals surface area (Å²) in [6, 6.07) is 15.3. The molecule has 1 aliphatic heterocycles. The van der Waals surface area contributed by atoms with E-state index in [0.717, 1.165) is 19.5 Å². The quantitative estimate of drug-likeness (QED) is 0.881. The van der Waals surface area contributed by atoms with Crippen LogP contribution in [-0.2, 0) is 13.0 Å². The highest BCUT2D eigenvalue weighted by Crippen LogP contribution is 2.31. The molecule has 1 N–H and O–H groups in total. The summed E-state index contributed by atoms with van der Waals surface area (Å²) in [7, 11) is 2.16. The smallest absolute Gasteiger partial charge is 0.0444 e. The van der Waals surface area contributed by atoms with E-state index in [4.69, 9.17) is 0 Å². The van der Waals surface area contributed by atoms with Gasteiger partial charge >= 0.3 is 0 Å². The molecule has 0 amide bonds. The zero-order valence-electron chi connectivity index (χ0n) is 11.6. The van der Waals surface area contributed by atoms with Gasteiger partial charge in [0, 0.05) is 25.0 Å². The Labute approximate surface area is 115 Å². The number of hydrogen-bond donors (Lipinski definition) is 1. The molecule has 98 valence electrons. The Balaban J connectivity index is 2.02. The second kappa shape index (κ2) is 5.06. The van der Waals surface area contributed by atoms with Crippen molar-refractivity contribution in [1.82, 2.24) is 5.32 Å². The molecule has 1 aliphatic rings. The first-order valence-electron chi connectivity index (χ1n) is 6.87. The first-order valence-corrected chi connectivity index (χ1v) is 6.87. The second-order valence-corrected chi connectivity index (χ2v) is 5.24. The van der Waals surface area contributed by atoms with Crippen molar-refractivity contribution in [2.75, 3.05) is 18.5 Å². The van der Waals surface area contributed by atoms with E-state index in [0.29, 0.717) is 0 Å². The van der Waals surface area contributed by atoms with Crippen molar-refractivity contribution in [3.63, 3.8) is 0 Å². The van der Waals surface area contributed by atoms with Crippen LogP contribution in [0.3, 0.4) is 0 Å².